The van der Waals surface area contributed by atoms with Crippen LogP contribution in [0.3, 0.4) is 0 Å². The van der Waals surface area contributed by atoms with Crippen molar-refractivity contribution in [1.82, 2.24) is 19.6 Å². The van der Waals surface area contributed by atoms with Crippen LogP contribution in [0.1, 0.15) is 40.4 Å². The fraction of sp³-hybridized carbons (Fsp3) is 0.393. The molecule has 0 aliphatic rings. The number of aromatic nitrogens is 3. The van der Waals surface area contributed by atoms with Crippen molar-refractivity contribution in [3.63, 3.8) is 0 Å². The quantitative estimate of drug-likeness (QED) is 0.131. The first kappa shape index (κ1) is 30.9. The lowest BCUT2D eigenvalue weighted by atomic mass is 10.2. The first-order chi connectivity index (χ1) is 19.5. The van der Waals surface area contributed by atoms with Crippen molar-refractivity contribution in [3.8, 4) is 5.75 Å². The molecule has 0 radical (unpaired) electrons. The Labute approximate surface area is 247 Å². The number of rotatable bonds is 13. The van der Waals surface area contributed by atoms with Crippen LogP contribution in [0.5, 0.6) is 5.75 Å². The van der Waals surface area contributed by atoms with E-state index >= 15 is 0 Å². The molecule has 0 bridgehead atoms. The van der Waals surface area contributed by atoms with E-state index in [1.165, 1.54) is 0 Å². The molecule has 4 rings (SSSR count). The van der Waals surface area contributed by atoms with Gasteiger partial charge in [-0.25, -0.2) is 14.5 Å². The van der Waals surface area contributed by atoms with E-state index in [9.17, 15) is 9.36 Å². The molecular formula is C28H35BrN5O6P. The SMILES string of the molecule is CCOCc1nc2c(N)nc3ccccc3c2n1C[C@@H](C)O[P@@](=O)(N[C@@H](C)C(=O)OC(C)C)Oc1ccc(Br)cc1. The van der Waals surface area contributed by atoms with Gasteiger partial charge in [0.05, 0.1) is 29.8 Å². The van der Waals surface area contributed by atoms with Crippen molar-refractivity contribution in [3.05, 3.63) is 58.8 Å². The highest BCUT2D eigenvalue weighted by molar-refractivity contribution is 9.10. The molecule has 0 saturated carbocycles. The first-order valence-corrected chi connectivity index (χ1v) is 15.7. The van der Waals surface area contributed by atoms with Gasteiger partial charge in [0.25, 0.3) is 0 Å². The average Bonchev–Trinajstić information content (AvgIpc) is 3.26. The molecule has 220 valence electrons. The van der Waals surface area contributed by atoms with E-state index in [0.717, 1.165) is 20.9 Å². The number of pyridine rings is 1. The molecule has 0 fully saturated rings. The standard InChI is InChI=1S/C28H35BrN5O6P/c1-6-37-16-24-32-25-26(22-9-7-8-10-23(22)31-27(25)30)34(24)15-18(4)39-41(36,33-19(5)28(35)38-17(2)3)40-21-13-11-20(29)12-14-21/h7-14,17-19H,6,15-16H2,1-5H3,(H2,30,31)(H,33,36)/t18-,19+,41+/m1/s1. The highest BCUT2D eigenvalue weighted by Crippen LogP contribution is 2.46. The number of nitrogens with two attached hydrogens (primary N) is 1. The lowest BCUT2D eigenvalue weighted by Crippen LogP contribution is -2.37. The molecule has 11 nitrogen and oxygen atoms in total. The summed E-state index contributed by atoms with van der Waals surface area (Å²) in [4.78, 5) is 21.8. The number of esters is 1. The Morgan fingerprint density at radius 1 is 1.10 bits per heavy atom. The van der Waals surface area contributed by atoms with Crippen molar-refractivity contribution >= 4 is 57.4 Å². The second kappa shape index (κ2) is 13.3. The van der Waals surface area contributed by atoms with Gasteiger partial charge in [-0.05, 0) is 65.0 Å². The van der Waals surface area contributed by atoms with Gasteiger partial charge in [0.15, 0.2) is 5.82 Å². The highest BCUT2D eigenvalue weighted by atomic mass is 79.9. The summed E-state index contributed by atoms with van der Waals surface area (Å²) in [5.74, 6) is 0.639. The molecule has 0 aliphatic carbocycles. The summed E-state index contributed by atoms with van der Waals surface area (Å²) < 4.78 is 39.8. The maximum atomic E-state index is 14.1. The van der Waals surface area contributed by atoms with Gasteiger partial charge in [0.2, 0.25) is 0 Å². The van der Waals surface area contributed by atoms with Crippen molar-refractivity contribution in [2.24, 2.45) is 0 Å². The molecule has 0 amide bonds. The van der Waals surface area contributed by atoms with Crippen LogP contribution >= 0.6 is 23.7 Å². The molecule has 41 heavy (non-hydrogen) atoms. The lowest BCUT2D eigenvalue weighted by Gasteiger charge is -2.26. The minimum absolute atomic E-state index is 0.229. The fourth-order valence-corrected chi connectivity index (χ4v) is 6.21. The number of hydrogen-bond acceptors (Lipinski definition) is 9. The Hall–Kier alpha value is -3.02. The number of anilines is 1. The molecular weight excluding hydrogens is 613 g/mol. The second-order valence-electron chi connectivity index (χ2n) is 9.78. The summed E-state index contributed by atoms with van der Waals surface area (Å²) in [6.45, 7) is 9.64. The third-order valence-corrected chi connectivity index (χ3v) is 8.30. The molecule has 2 aromatic carbocycles. The van der Waals surface area contributed by atoms with Crippen LogP contribution in [0.2, 0.25) is 0 Å². The van der Waals surface area contributed by atoms with Gasteiger partial charge in [-0.1, -0.05) is 34.1 Å². The molecule has 3 atom stereocenters. The zero-order chi connectivity index (χ0) is 29.7. The lowest BCUT2D eigenvalue weighted by molar-refractivity contribution is -0.149. The van der Waals surface area contributed by atoms with Crippen LogP contribution in [-0.4, -0.2) is 45.4 Å². The largest absolute Gasteiger partial charge is 0.462 e. The Morgan fingerprint density at radius 2 is 1.80 bits per heavy atom. The summed E-state index contributed by atoms with van der Waals surface area (Å²) in [5, 5.41) is 3.60. The van der Waals surface area contributed by atoms with E-state index in [4.69, 9.17) is 29.2 Å². The van der Waals surface area contributed by atoms with E-state index in [-0.39, 0.29) is 19.3 Å². The zero-order valence-electron chi connectivity index (χ0n) is 23.7. The maximum absolute atomic E-state index is 14.1. The second-order valence-corrected chi connectivity index (χ2v) is 12.3. The number of benzene rings is 2. The fourth-order valence-electron chi connectivity index (χ4n) is 4.27. The zero-order valence-corrected chi connectivity index (χ0v) is 26.1. The summed E-state index contributed by atoms with van der Waals surface area (Å²) >= 11 is 3.38. The van der Waals surface area contributed by atoms with Gasteiger partial charge in [-0.15, -0.1) is 0 Å². The van der Waals surface area contributed by atoms with Gasteiger partial charge >= 0.3 is 13.7 Å². The van der Waals surface area contributed by atoms with Gasteiger partial charge in [0.1, 0.15) is 29.7 Å². The number of nitrogens with one attached hydrogen (secondary N) is 1. The number of nitrogen functional groups attached to an aromatic ring is 1. The summed E-state index contributed by atoms with van der Waals surface area (Å²) in [6, 6.07) is 13.5. The number of hydrogen-bond donors (Lipinski definition) is 2. The van der Waals surface area contributed by atoms with Crippen LogP contribution in [0.4, 0.5) is 5.82 Å². The Bertz CT molecular complexity index is 1560. The first-order valence-electron chi connectivity index (χ1n) is 13.3. The summed E-state index contributed by atoms with van der Waals surface area (Å²) in [7, 11) is -4.11. The minimum Gasteiger partial charge on any atom is -0.462 e. The Kier molecular flexibility index (Phi) is 10.0. The van der Waals surface area contributed by atoms with Crippen molar-refractivity contribution in [2.45, 2.75) is 66.0 Å². The molecule has 0 spiro atoms. The number of imidazole rings is 1. The molecule has 0 saturated heterocycles. The smallest absolute Gasteiger partial charge is 0.459 e. The third-order valence-electron chi connectivity index (χ3n) is 5.98. The number of carbonyl (C=O) groups is 1. The van der Waals surface area contributed by atoms with E-state index in [2.05, 4.69) is 26.0 Å². The van der Waals surface area contributed by atoms with Crippen LogP contribution in [0.15, 0.2) is 53.0 Å². The van der Waals surface area contributed by atoms with Gasteiger partial charge in [-0.3, -0.25) is 9.32 Å². The number of carbonyl (C=O) groups excluding carboxylic acids is 1. The van der Waals surface area contributed by atoms with E-state index in [1.54, 1.807) is 52.0 Å². The number of halogens is 1. The highest BCUT2D eigenvalue weighted by Gasteiger charge is 2.35. The van der Waals surface area contributed by atoms with E-state index in [1.807, 2.05) is 35.8 Å². The van der Waals surface area contributed by atoms with E-state index < -0.39 is 25.9 Å². The van der Waals surface area contributed by atoms with E-state index in [0.29, 0.717) is 29.5 Å². The number of para-hydroxylation sites is 1. The molecule has 0 unspecified atom stereocenters. The predicted octanol–water partition coefficient (Wildman–Crippen LogP) is 5.99. The van der Waals surface area contributed by atoms with Crippen LogP contribution < -0.4 is 15.3 Å². The minimum atomic E-state index is -4.11. The summed E-state index contributed by atoms with van der Waals surface area (Å²) in [6.07, 6.45) is -1.02. The van der Waals surface area contributed by atoms with Crippen LogP contribution in [0.25, 0.3) is 21.9 Å². The van der Waals surface area contributed by atoms with Crippen molar-refractivity contribution < 1.29 is 27.9 Å². The van der Waals surface area contributed by atoms with Crippen LogP contribution in [-0.2, 0) is 36.5 Å². The third kappa shape index (κ3) is 7.64. The normalized spacial score (nSPS) is 14.7. The molecule has 2 aromatic heterocycles. The average molecular weight is 648 g/mol. The van der Waals surface area contributed by atoms with Crippen LogP contribution in [0, 0.1) is 0 Å². The van der Waals surface area contributed by atoms with Gasteiger partial charge in [0, 0.05) is 16.5 Å². The molecule has 3 N–H and O–H groups in total. The van der Waals surface area contributed by atoms with Gasteiger partial charge < -0.3 is 24.3 Å². The van der Waals surface area contributed by atoms with Crippen molar-refractivity contribution in [2.75, 3.05) is 12.3 Å². The molecule has 2 heterocycles. The van der Waals surface area contributed by atoms with Crippen molar-refractivity contribution in [1.29, 1.82) is 0 Å². The Morgan fingerprint density at radius 3 is 2.49 bits per heavy atom. The molecule has 0 aliphatic heterocycles. The monoisotopic (exact) mass is 647 g/mol. The summed E-state index contributed by atoms with van der Waals surface area (Å²) in [5.41, 5.74) is 8.33. The number of fused-ring (bicyclic) bond motifs is 3. The molecule has 13 heteroatoms. The number of nitrogens with zero attached hydrogens (tertiary/aromatic N) is 3. The maximum Gasteiger partial charge on any atom is 0.459 e. The number of ether oxygens (including phenoxy) is 2. The van der Waals surface area contributed by atoms with Gasteiger partial charge in [-0.2, -0.15) is 5.09 Å². The predicted molar refractivity (Wildman–Crippen MR) is 162 cm³/mol. The Balaban J connectivity index is 1.68. The topological polar surface area (TPSA) is 140 Å². The molecule has 4 aromatic rings.